The van der Waals surface area contributed by atoms with E-state index in [0.717, 1.165) is 13.0 Å². The molecule has 1 rings (SSSR count). The van der Waals surface area contributed by atoms with Gasteiger partial charge in [0.15, 0.2) is 18.2 Å². The molecule has 0 aromatic heterocycles. The first-order valence-electron chi connectivity index (χ1n) is 5.88. The maximum absolute atomic E-state index is 13.2. The number of benzene rings is 1. The van der Waals surface area contributed by atoms with Gasteiger partial charge < -0.3 is 15.0 Å². The molecule has 0 atom stereocenters. The van der Waals surface area contributed by atoms with Gasteiger partial charge in [0.25, 0.3) is 5.91 Å². The van der Waals surface area contributed by atoms with Crippen molar-refractivity contribution >= 4 is 5.91 Å². The standard InChI is InChI=1S/C13H19FN2O2/c1-16(2)9-5-8-15-13(17)10-18-12-7-4-3-6-11(12)14/h3-4,6-7H,5,8-10H2,1-2H3,(H,15,17). The monoisotopic (exact) mass is 254 g/mol. The Labute approximate surface area is 107 Å². The molecule has 0 bridgehead atoms. The zero-order chi connectivity index (χ0) is 13.4. The average Bonchev–Trinajstić information content (AvgIpc) is 2.33. The van der Waals surface area contributed by atoms with Crippen molar-refractivity contribution in [1.82, 2.24) is 10.2 Å². The molecule has 0 aliphatic heterocycles. The molecule has 0 spiro atoms. The summed E-state index contributed by atoms with van der Waals surface area (Å²) in [7, 11) is 3.95. The summed E-state index contributed by atoms with van der Waals surface area (Å²) in [6.45, 7) is 1.34. The highest BCUT2D eigenvalue weighted by molar-refractivity contribution is 5.77. The lowest BCUT2D eigenvalue weighted by atomic mass is 10.3. The van der Waals surface area contributed by atoms with Crippen molar-refractivity contribution in [3.05, 3.63) is 30.1 Å². The van der Waals surface area contributed by atoms with Gasteiger partial charge in [-0.2, -0.15) is 0 Å². The lowest BCUT2D eigenvalue weighted by Crippen LogP contribution is -2.31. The van der Waals surface area contributed by atoms with Crippen LogP contribution in [0, 0.1) is 5.82 Å². The number of hydrogen-bond donors (Lipinski definition) is 1. The molecule has 0 radical (unpaired) electrons. The molecular weight excluding hydrogens is 235 g/mol. The van der Waals surface area contributed by atoms with Crippen molar-refractivity contribution in [3.8, 4) is 5.75 Å². The summed E-state index contributed by atoms with van der Waals surface area (Å²) in [5, 5.41) is 2.71. The number of carbonyl (C=O) groups excluding carboxylic acids is 1. The molecule has 18 heavy (non-hydrogen) atoms. The zero-order valence-electron chi connectivity index (χ0n) is 10.8. The molecule has 1 amide bonds. The van der Waals surface area contributed by atoms with E-state index in [1.165, 1.54) is 12.1 Å². The Morgan fingerprint density at radius 2 is 2.11 bits per heavy atom. The quantitative estimate of drug-likeness (QED) is 0.745. The SMILES string of the molecule is CN(C)CCCNC(=O)COc1ccccc1F. The fraction of sp³-hybridized carbons (Fsp3) is 0.462. The number of rotatable bonds is 7. The van der Waals surface area contributed by atoms with Crippen LogP contribution in [0.2, 0.25) is 0 Å². The number of nitrogens with zero attached hydrogens (tertiary/aromatic N) is 1. The van der Waals surface area contributed by atoms with E-state index in [-0.39, 0.29) is 18.3 Å². The molecule has 5 heteroatoms. The first kappa shape index (κ1) is 14.4. The van der Waals surface area contributed by atoms with Crippen LogP contribution in [-0.4, -0.2) is 44.6 Å². The van der Waals surface area contributed by atoms with Crippen molar-refractivity contribution in [2.24, 2.45) is 0 Å². The van der Waals surface area contributed by atoms with E-state index in [1.807, 2.05) is 19.0 Å². The summed E-state index contributed by atoms with van der Waals surface area (Å²) in [6.07, 6.45) is 0.873. The molecule has 4 nitrogen and oxygen atoms in total. The molecule has 0 aliphatic carbocycles. The van der Waals surface area contributed by atoms with Gasteiger partial charge in [0, 0.05) is 6.54 Å². The minimum Gasteiger partial charge on any atom is -0.481 e. The van der Waals surface area contributed by atoms with Crippen molar-refractivity contribution in [1.29, 1.82) is 0 Å². The summed E-state index contributed by atoms with van der Waals surface area (Å²) in [5.41, 5.74) is 0. The second kappa shape index (κ2) is 7.66. The van der Waals surface area contributed by atoms with E-state index < -0.39 is 5.82 Å². The molecule has 1 aromatic rings. The smallest absolute Gasteiger partial charge is 0.257 e. The summed E-state index contributed by atoms with van der Waals surface area (Å²) < 4.78 is 18.3. The Balaban J connectivity index is 2.19. The van der Waals surface area contributed by atoms with Crippen LogP contribution in [0.4, 0.5) is 4.39 Å². The minimum absolute atomic E-state index is 0.0981. The number of nitrogens with one attached hydrogen (secondary N) is 1. The first-order valence-corrected chi connectivity index (χ1v) is 5.88. The van der Waals surface area contributed by atoms with Crippen molar-refractivity contribution in [3.63, 3.8) is 0 Å². The Hall–Kier alpha value is -1.62. The molecule has 0 fully saturated rings. The van der Waals surface area contributed by atoms with Crippen LogP contribution in [0.5, 0.6) is 5.75 Å². The predicted octanol–water partition coefficient (Wildman–Crippen LogP) is 1.27. The molecule has 0 heterocycles. The molecule has 0 saturated carbocycles. The topological polar surface area (TPSA) is 41.6 Å². The highest BCUT2D eigenvalue weighted by Gasteiger charge is 2.05. The third kappa shape index (κ3) is 5.63. The van der Waals surface area contributed by atoms with E-state index in [9.17, 15) is 9.18 Å². The second-order valence-electron chi connectivity index (χ2n) is 4.23. The summed E-state index contributed by atoms with van der Waals surface area (Å²) in [4.78, 5) is 13.4. The maximum atomic E-state index is 13.2. The van der Waals surface area contributed by atoms with Crippen LogP contribution in [0.25, 0.3) is 0 Å². The lowest BCUT2D eigenvalue weighted by Gasteiger charge is -2.10. The fourth-order valence-corrected chi connectivity index (χ4v) is 1.38. The fourth-order valence-electron chi connectivity index (χ4n) is 1.38. The normalized spacial score (nSPS) is 10.4. The van der Waals surface area contributed by atoms with Crippen LogP contribution in [0.3, 0.4) is 0 Å². The third-order valence-electron chi connectivity index (χ3n) is 2.30. The van der Waals surface area contributed by atoms with Gasteiger partial charge in [-0.3, -0.25) is 4.79 Å². The summed E-state index contributed by atoms with van der Waals surface area (Å²) >= 11 is 0. The van der Waals surface area contributed by atoms with E-state index >= 15 is 0 Å². The number of para-hydroxylation sites is 1. The lowest BCUT2D eigenvalue weighted by molar-refractivity contribution is -0.123. The third-order valence-corrected chi connectivity index (χ3v) is 2.30. The molecule has 0 aliphatic rings. The summed E-state index contributed by atoms with van der Waals surface area (Å²) in [6, 6.07) is 6.02. The van der Waals surface area contributed by atoms with Gasteiger partial charge in [-0.1, -0.05) is 12.1 Å². The van der Waals surface area contributed by atoms with Crippen molar-refractivity contribution in [2.75, 3.05) is 33.8 Å². The molecule has 0 unspecified atom stereocenters. The summed E-state index contributed by atoms with van der Waals surface area (Å²) in [5.74, 6) is -0.601. The van der Waals surface area contributed by atoms with Crippen LogP contribution >= 0.6 is 0 Å². The Kier molecular flexibility index (Phi) is 6.14. The van der Waals surface area contributed by atoms with E-state index in [4.69, 9.17) is 4.74 Å². The minimum atomic E-state index is -0.460. The van der Waals surface area contributed by atoms with Gasteiger partial charge in [0.05, 0.1) is 0 Å². The van der Waals surface area contributed by atoms with Gasteiger partial charge in [0.1, 0.15) is 0 Å². The van der Waals surface area contributed by atoms with E-state index in [0.29, 0.717) is 6.54 Å². The van der Waals surface area contributed by atoms with Crippen molar-refractivity contribution in [2.45, 2.75) is 6.42 Å². The number of hydrogen-bond acceptors (Lipinski definition) is 3. The van der Waals surface area contributed by atoms with Gasteiger partial charge >= 0.3 is 0 Å². The largest absolute Gasteiger partial charge is 0.481 e. The maximum Gasteiger partial charge on any atom is 0.257 e. The van der Waals surface area contributed by atoms with Crippen molar-refractivity contribution < 1.29 is 13.9 Å². The van der Waals surface area contributed by atoms with Gasteiger partial charge in [-0.25, -0.2) is 4.39 Å². The highest BCUT2D eigenvalue weighted by atomic mass is 19.1. The van der Waals surface area contributed by atoms with Crippen LogP contribution < -0.4 is 10.1 Å². The average molecular weight is 254 g/mol. The Morgan fingerprint density at radius 3 is 2.78 bits per heavy atom. The number of amides is 1. The number of ether oxygens (including phenoxy) is 1. The van der Waals surface area contributed by atoms with Crippen LogP contribution in [-0.2, 0) is 4.79 Å². The highest BCUT2D eigenvalue weighted by Crippen LogP contribution is 2.14. The molecule has 0 saturated heterocycles. The van der Waals surface area contributed by atoms with E-state index in [2.05, 4.69) is 5.32 Å². The van der Waals surface area contributed by atoms with Gasteiger partial charge in [-0.05, 0) is 39.2 Å². The number of carbonyl (C=O) groups is 1. The second-order valence-corrected chi connectivity index (χ2v) is 4.23. The Morgan fingerprint density at radius 1 is 1.39 bits per heavy atom. The molecule has 1 N–H and O–H groups in total. The molecular formula is C13H19FN2O2. The predicted molar refractivity (Wildman–Crippen MR) is 68.1 cm³/mol. The van der Waals surface area contributed by atoms with Crippen LogP contribution in [0.15, 0.2) is 24.3 Å². The zero-order valence-corrected chi connectivity index (χ0v) is 10.8. The van der Waals surface area contributed by atoms with Gasteiger partial charge in [0.2, 0.25) is 0 Å². The molecule has 100 valence electrons. The molecule has 1 aromatic carbocycles. The van der Waals surface area contributed by atoms with Gasteiger partial charge in [-0.15, -0.1) is 0 Å². The Bertz CT molecular complexity index is 383. The van der Waals surface area contributed by atoms with Crippen LogP contribution in [0.1, 0.15) is 6.42 Å². The number of halogens is 1. The van der Waals surface area contributed by atoms with E-state index in [1.54, 1.807) is 12.1 Å². The first-order chi connectivity index (χ1) is 8.59.